The fourth-order valence-electron chi connectivity index (χ4n) is 2.90. The van der Waals surface area contributed by atoms with Crippen LogP contribution in [0.2, 0.25) is 0 Å². The topological polar surface area (TPSA) is 70.1 Å². The highest BCUT2D eigenvalue weighted by Gasteiger charge is 2.36. The Hall–Kier alpha value is -1.08. The van der Waals surface area contributed by atoms with Gasteiger partial charge in [0.1, 0.15) is 0 Å². The van der Waals surface area contributed by atoms with E-state index >= 15 is 0 Å². The van der Waals surface area contributed by atoms with E-state index < -0.39 is 0 Å². The summed E-state index contributed by atoms with van der Waals surface area (Å²) in [5.74, 6) is 0.164. The van der Waals surface area contributed by atoms with E-state index in [-0.39, 0.29) is 11.4 Å². The summed E-state index contributed by atoms with van der Waals surface area (Å²) < 4.78 is 0. The van der Waals surface area contributed by atoms with Crippen molar-refractivity contribution in [2.24, 2.45) is 5.73 Å². The lowest BCUT2D eigenvalue weighted by Gasteiger charge is -2.35. The van der Waals surface area contributed by atoms with Crippen molar-refractivity contribution in [1.82, 2.24) is 4.90 Å². The molecule has 1 amide bonds. The van der Waals surface area contributed by atoms with E-state index in [0.29, 0.717) is 25.4 Å². The smallest absolute Gasteiger partial charge is 0.224 e. The molecule has 100 valence electrons. The zero-order valence-electron chi connectivity index (χ0n) is 11.0. The molecule has 0 saturated heterocycles. The Bertz CT molecular complexity index is 337. The van der Waals surface area contributed by atoms with Crippen molar-refractivity contribution in [3.63, 3.8) is 0 Å². The van der Waals surface area contributed by atoms with Gasteiger partial charge in [0, 0.05) is 24.5 Å². The van der Waals surface area contributed by atoms with Gasteiger partial charge in [-0.2, -0.15) is 5.26 Å². The first kappa shape index (κ1) is 13.4. The lowest BCUT2D eigenvalue weighted by Crippen LogP contribution is -2.47. The molecule has 0 aromatic heterocycles. The molecule has 0 bridgehead atoms. The second-order valence-corrected chi connectivity index (χ2v) is 5.83. The number of nitrogens with zero attached hydrogens (tertiary/aromatic N) is 2. The molecule has 2 fully saturated rings. The van der Waals surface area contributed by atoms with E-state index in [4.69, 9.17) is 11.0 Å². The Labute approximate surface area is 109 Å². The van der Waals surface area contributed by atoms with Gasteiger partial charge in [-0.15, -0.1) is 0 Å². The van der Waals surface area contributed by atoms with Crippen LogP contribution in [0.4, 0.5) is 0 Å². The molecule has 0 aliphatic heterocycles. The molecule has 0 aromatic rings. The molecule has 2 rings (SSSR count). The highest BCUT2D eigenvalue weighted by molar-refractivity contribution is 5.78. The Morgan fingerprint density at radius 2 is 2.00 bits per heavy atom. The Balaban J connectivity index is 1.89. The second kappa shape index (κ2) is 5.71. The largest absolute Gasteiger partial charge is 0.339 e. The fraction of sp³-hybridized carbons (Fsp3) is 0.857. The zero-order chi connectivity index (χ0) is 13.0. The maximum absolute atomic E-state index is 12.3. The van der Waals surface area contributed by atoms with Crippen LogP contribution >= 0.6 is 0 Å². The van der Waals surface area contributed by atoms with Crippen molar-refractivity contribution >= 4 is 5.91 Å². The van der Waals surface area contributed by atoms with Gasteiger partial charge in [0.15, 0.2) is 0 Å². The number of hydrogen-bond acceptors (Lipinski definition) is 3. The second-order valence-electron chi connectivity index (χ2n) is 5.83. The van der Waals surface area contributed by atoms with Crippen molar-refractivity contribution in [3.05, 3.63) is 0 Å². The van der Waals surface area contributed by atoms with Gasteiger partial charge in [-0.05, 0) is 25.7 Å². The molecule has 0 heterocycles. The van der Waals surface area contributed by atoms with Gasteiger partial charge >= 0.3 is 0 Å². The minimum Gasteiger partial charge on any atom is -0.339 e. The van der Waals surface area contributed by atoms with Gasteiger partial charge in [0.05, 0.1) is 12.5 Å². The maximum Gasteiger partial charge on any atom is 0.224 e. The summed E-state index contributed by atoms with van der Waals surface area (Å²) in [6.45, 7) is 0.579. The Morgan fingerprint density at radius 3 is 2.56 bits per heavy atom. The SMILES string of the molecule is N#CCCN(C(=O)CC1(N)CCCCC1)C1CC1. The summed E-state index contributed by atoms with van der Waals surface area (Å²) in [5, 5.41) is 8.66. The number of nitrogens with two attached hydrogens (primary N) is 1. The summed E-state index contributed by atoms with van der Waals surface area (Å²) in [4.78, 5) is 14.2. The Kier molecular flexibility index (Phi) is 4.23. The molecule has 4 heteroatoms. The first-order chi connectivity index (χ1) is 8.64. The van der Waals surface area contributed by atoms with Crippen LogP contribution in [0.1, 0.15) is 57.8 Å². The third-order valence-corrected chi connectivity index (χ3v) is 4.13. The predicted molar refractivity (Wildman–Crippen MR) is 69.6 cm³/mol. The van der Waals surface area contributed by atoms with Gasteiger partial charge in [-0.3, -0.25) is 4.79 Å². The molecule has 2 saturated carbocycles. The lowest BCUT2D eigenvalue weighted by atomic mass is 9.80. The number of carbonyl (C=O) groups excluding carboxylic acids is 1. The summed E-state index contributed by atoms with van der Waals surface area (Å²) >= 11 is 0. The van der Waals surface area contributed by atoms with Gasteiger partial charge in [0.25, 0.3) is 0 Å². The van der Waals surface area contributed by atoms with Crippen molar-refractivity contribution in [1.29, 1.82) is 5.26 Å². The first-order valence-electron chi connectivity index (χ1n) is 7.10. The van der Waals surface area contributed by atoms with E-state index in [1.807, 2.05) is 4.90 Å². The highest BCUT2D eigenvalue weighted by atomic mass is 16.2. The standard InChI is InChI=1S/C14H23N3O/c15-9-4-10-17(12-5-6-12)13(18)11-14(16)7-2-1-3-8-14/h12H,1-8,10-11,16H2. The molecule has 0 spiro atoms. The first-order valence-corrected chi connectivity index (χ1v) is 7.10. The van der Waals surface area contributed by atoms with E-state index in [1.165, 1.54) is 6.42 Å². The third-order valence-electron chi connectivity index (χ3n) is 4.13. The molecule has 0 unspecified atom stereocenters. The summed E-state index contributed by atoms with van der Waals surface area (Å²) in [6, 6.07) is 2.51. The van der Waals surface area contributed by atoms with Crippen LogP contribution in [-0.4, -0.2) is 28.9 Å². The van der Waals surface area contributed by atoms with Gasteiger partial charge in [-0.1, -0.05) is 19.3 Å². The van der Waals surface area contributed by atoms with E-state index in [9.17, 15) is 4.79 Å². The van der Waals surface area contributed by atoms with Crippen molar-refractivity contribution in [2.45, 2.75) is 69.4 Å². The minimum atomic E-state index is -0.283. The van der Waals surface area contributed by atoms with Crippen LogP contribution in [0.25, 0.3) is 0 Å². The zero-order valence-corrected chi connectivity index (χ0v) is 11.0. The van der Waals surface area contributed by atoms with Crippen LogP contribution in [0.5, 0.6) is 0 Å². The summed E-state index contributed by atoms with van der Waals surface area (Å²) in [5.41, 5.74) is 6.05. The highest BCUT2D eigenvalue weighted by Crippen LogP contribution is 2.32. The monoisotopic (exact) mass is 249 g/mol. The molecule has 4 nitrogen and oxygen atoms in total. The third kappa shape index (κ3) is 3.46. The van der Waals surface area contributed by atoms with Crippen LogP contribution in [0.15, 0.2) is 0 Å². The van der Waals surface area contributed by atoms with Crippen molar-refractivity contribution in [3.8, 4) is 6.07 Å². The number of hydrogen-bond donors (Lipinski definition) is 1. The normalized spacial score (nSPS) is 22.2. The quantitative estimate of drug-likeness (QED) is 0.809. The molecule has 0 atom stereocenters. The van der Waals surface area contributed by atoms with Crippen LogP contribution in [-0.2, 0) is 4.79 Å². The van der Waals surface area contributed by atoms with Crippen LogP contribution in [0, 0.1) is 11.3 Å². The number of rotatable bonds is 5. The average Bonchev–Trinajstić information content (AvgIpc) is 3.14. The van der Waals surface area contributed by atoms with Crippen molar-refractivity contribution in [2.75, 3.05) is 6.54 Å². The maximum atomic E-state index is 12.3. The molecular formula is C14H23N3O. The van der Waals surface area contributed by atoms with Crippen molar-refractivity contribution < 1.29 is 4.79 Å². The Morgan fingerprint density at radius 1 is 1.33 bits per heavy atom. The predicted octanol–water partition coefficient (Wildman–Crippen LogP) is 1.94. The molecule has 2 aliphatic carbocycles. The number of amides is 1. The number of carbonyl (C=O) groups is 1. The summed E-state index contributed by atoms with van der Waals surface area (Å²) in [7, 11) is 0. The number of nitriles is 1. The molecular weight excluding hydrogens is 226 g/mol. The minimum absolute atomic E-state index is 0.164. The summed E-state index contributed by atoms with van der Waals surface area (Å²) in [6.07, 6.45) is 8.55. The molecule has 0 aromatic carbocycles. The average molecular weight is 249 g/mol. The van der Waals surface area contributed by atoms with E-state index in [1.54, 1.807) is 0 Å². The van der Waals surface area contributed by atoms with Crippen LogP contribution in [0.3, 0.4) is 0 Å². The fourth-order valence-corrected chi connectivity index (χ4v) is 2.90. The molecule has 0 radical (unpaired) electrons. The van der Waals surface area contributed by atoms with Crippen LogP contribution < -0.4 is 5.73 Å². The van der Waals surface area contributed by atoms with Gasteiger partial charge in [-0.25, -0.2) is 0 Å². The molecule has 2 N–H and O–H groups in total. The van der Waals surface area contributed by atoms with E-state index in [2.05, 4.69) is 6.07 Å². The van der Waals surface area contributed by atoms with Gasteiger partial charge < -0.3 is 10.6 Å². The van der Waals surface area contributed by atoms with E-state index in [0.717, 1.165) is 38.5 Å². The molecule has 2 aliphatic rings. The molecule has 18 heavy (non-hydrogen) atoms. The lowest BCUT2D eigenvalue weighted by molar-refractivity contribution is -0.133. The van der Waals surface area contributed by atoms with Gasteiger partial charge in [0.2, 0.25) is 5.91 Å².